The lowest BCUT2D eigenvalue weighted by Gasteiger charge is -2.40. The van der Waals surface area contributed by atoms with Crippen LogP contribution in [-0.2, 0) is 37.4 Å². The molecule has 194 valence electrons. The van der Waals surface area contributed by atoms with Gasteiger partial charge in [-0.3, -0.25) is 4.79 Å². The number of benzene rings is 1. The molecule has 1 saturated heterocycles. The Labute approximate surface area is 201 Å². The van der Waals surface area contributed by atoms with Crippen molar-refractivity contribution in [2.24, 2.45) is 10.6 Å². The molecule has 1 heterocycles. The van der Waals surface area contributed by atoms with Gasteiger partial charge in [-0.15, -0.1) is 0 Å². The molecule has 1 aliphatic heterocycles. The molecule has 1 fully saturated rings. The Kier molecular flexibility index (Phi) is 7.39. The number of ether oxygens (including phenoxy) is 1. The molecule has 0 radical (unpaired) electrons. The highest BCUT2D eigenvalue weighted by Crippen LogP contribution is 2.41. The number of hydrogen-bond donors (Lipinski definition) is 0. The number of sulfonamides is 1. The van der Waals surface area contributed by atoms with Crippen molar-refractivity contribution in [1.82, 2.24) is 4.90 Å². The van der Waals surface area contributed by atoms with Gasteiger partial charge in [0.25, 0.3) is 5.91 Å². The first kappa shape index (κ1) is 26.8. The molecule has 4 rings (SSSR count). The monoisotopic (exact) mass is 519 g/mol. The smallest absolute Gasteiger partial charge is 0.449 e. The second kappa shape index (κ2) is 9.67. The number of anilines is 1. The number of likely N-dealkylation sites (tertiary alicyclic amines) is 1. The fourth-order valence-electron chi connectivity index (χ4n) is 4.08. The van der Waals surface area contributed by atoms with Gasteiger partial charge in [0.05, 0.1) is 12.3 Å². The number of piperidine rings is 1. The van der Waals surface area contributed by atoms with Gasteiger partial charge in [0.1, 0.15) is 6.61 Å². The largest absolute Gasteiger partial charge is 0.517 e. The molecule has 1 unspecified atom stereocenters. The van der Waals surface area contributed by atoms with Crippen LogP contribution in [0.2, 0.25) is 0 Å². The maximum absolute atomic E-state index is 13.5. The van der Waals surface area contributed by atoms with Gasteiger partial charge in [0.15, 0.2) is 5.71 Å². The van der Waals surface area contributed by atoms with Crippen molar-refractivity contribution in [3.8, 4) is 0 Å². The van der Waals surface area contributed by atoms with E-state index in [-0.39, 0.29) is 41.9 Å². The third-order valence-electron chi connectivity index (χ3n) is 6.37. The number of fused-ring (bicyclic) bond motifs is 2. The number of nitrogens with zero attached hydrogens (tertiary/aromatic N) is 3. The fraction of sp³-hybridized carbons (Fsp3) is 0.591. The predicted octanol–water partition coefficient (Wildman–Crippen LogP) is 3.94. The van der Waals surface area contributed by atoms with Gasteiger partial charge in [-0.2, -0.15) is 25.9 Å². The number of carbonyl (C=O) groups excluding carboxylic acids is 2. The van der Waals surface area contributed by atoms with Crippen LogP contribution in [0, 0.1) is 5.41 Å². The zero-order chi connectivity index (χ0) is 26.2. The average molecular weight is 520 g/mol. The molecule has 1 aromatic carbocycles. The first-order valence-electron chi connectivity index (χ1n) is 11.2. The van der Waals surface area contributed by atoms with Crippen molar-refractivity contribution in [2.75, 3.05) is 24.1 Å². The third-order valence-corrected chi connectivity index (χ3v) is 7.78. The zero-order valence-electron chi connectivity index (χ0n) is 19.9. The first-order chi connectivity index (χ1) is 16.3. The van der Waals surface area contributed by atoms with Gasteiger partial charge in [-0.25, -0.2) is 4.79 Å². The Hall–Kier alpha value is -2.83. The summed E-state index contributed by atoms with van der Waals surface area (Å²) < 4.78 is 69.6. The molecule has 3 aliphatic rings. The summed E-state index contributed by atoms with van der Waals surface area (Å²) in [6.45, 7) is 6.83. The minimum absolute atomic E-state index is 0.130. The van der Waals surface area contributed by atoms with Crippen LogP contribution in [0.25, 0.3) is 0 Å². The number of amides is 2. The van der Waals surface area contributed by atoms with E-state index < -0.39 is 38.6 Å². The van der Waals surface area contributed by atoms with E-state index in [1.807, 2.05) is 13.8 Å². The van der Waals surface area contributed by atoms with E-state index in [0.29, 0.717) is 30.4 Å². The maximum atomic E-state index is 13.5. The molecule has 2 amide bonds. The van der Waals surface area contributed by atoms with Crippen LogP contribution in [0.3, 0.4) is 0 Å². The Balaban J connectivity index is 2.06. The summed E-state index contributed by atoms with van der Waals surface area (Å²) >= 11 is 0. The van der Waals surface area contributed by atoms with Crippen LogP contribution in [0.4, 0.5) is 23.7 Å². The minimum Gasteiger partial charge on any atom is -0.449 e. The van der Waals surface area contributed by atoms with Crippen LogP contribution in [0.5, 0.6) is 0 Å². The number of rotatable bonds is 8. The van der Waals surface area contributed by atoms with Crippen LogP contribution < -0.4 is 4.31 Å². The van der Waals surface area contributed by atoms with Crippen molar-refractivity contribution < 1.29 is 40.8 Å². The second-order valence-electron chi connectivity index (χ2n) is 8.59. The lowest BCUT2D eigenvalue weighted by Crippen LogP contribution is -2.51. The second-order valence-corrected chi connectivity index (χ2v) is 10.4. The SMILES string of the molecule is CCO/N=C1/C(=O)N(Cc2c3cc(cc2N(C(=O)OCC)S(=O)(=O)C(F)(F)F)C3)CCC1(C)CC. The summed E-state index contributed by atoms with van der Waals surface area (Å²) in [4.78, 5) is 32.3. The van der Waals surface area contributed by atoms with Gasteiger partial charge in [-0.05, 0) is 50.3 Å². The number of oxime groups is 1. The molecule has 1 atom stereocenters. The summed E-state index contributed by atoms with van der Waals surface area (Å²) in [6, 6.07) is 2.89. The minimum atomic E-state index is -6.11. The van der Waals surface area contributed by atoms with Crippen molar-refractivity contribution in [3.63, 3.8) is 0 Å². The molecular formula is C22H28F3N3O6S. The van der Waals surface area contributed by atoms with Gasteiger partial charge < -0.3 is 14.5 Å². The lowest BCUT2D eigenvalue weighted by molar-refractivity contribution is -0.127. The summed E-state index contributed by atoms with van der Waals surface area (Å²) in [6.07, 6.45) is -0.148. The summed E-state index contributed by atoms with van der Waals surface area (Å²) in [5.74, 6) is -0.461. The quantitative estimate of drug-likeness (QED) is 0.489. The zero-order valence-corrected chi connectivity index (χ0v) is 20.8. The van der Waals surface area contributed by atoms with Crippen LogP contribution in [0.15, 0.2) is 17.3 Å². The van der Waals surface area contributed by atoms with E-state index in [1.165, 1.54) is 17.9 Å². The number of alkyl halides is 3. The average Bonchev–Trinajstić information content (AvgIpc) is 2.75. The van der Waals surface area contributed by atoms with Crippen LogP contribution in [0.1, 0.15) is 57.2 Å². The molecule has 2 bridgehead atoms. The summed E-state index contributed by atoms with van der Waals surface area (Å²) in [5.41, 5.74) is -5.34. The van der Waals surface area contributed by atoms with Crippen molar-refractivity contribution in [2.45, 2.75) is 59.0 Å². The highest BCUT2D eigenvalue weighted by molar-refractivity contribution is 7.94. The topological polar surface area (TPSA) is 106 Å². The molecule has 35 heavy (non-hydrogen) atoms. The lowest BCUT2D eigenvalue weighted by atomic mass is 9.76. The highest BCUT2D eigenvalue weighted by atomic mass is 32.2. The Morgan fingerprint density at radius 1 is 1.23 bits per heavy atom. The molecule has 0 saturated carbocycles. The van der Waals surface area contributed by atoms with Crippen molar-refractivity contribution in [1.29, 1.82) is 0 Å². The van der Waals surface area contributed by atoms with E-state index in [0.717, 1.165) is 0 Å². The number of carbonyl (C=O) groups is 2. The first-order valence-corrected chi connectivity index (χ1v) is 12.7. The molecule has 0 aromatic heterocycles. The fourth-order valence-corrected chi connectivity index (χ4v) is 4.96. The van der Waals surface area contributed by atoms with Crippen LogP contribution >= 0.6 is 0 Å². The van der Waals surface area contributed by atoms with E-state index in [1.54, 1.807) is 13.0 Å². The highest BCUT2D eigenvalue weighted by Gasteiger charge is 2.54. The Morgan fingerprint density at radius 2 is 1.89 bits per heavy atom. The summed E-state index contributed by atoms with van der Waals surface area (Å²) in [7, 11) is -6.11. The third kappa shape index (κ3) is 4.82. The van der Waals surface area contributed by atoms with E-state index in [2.05, 4.69) is 9.89 Å². The number of halogens is 3. The van der Waals surface area contributed by atoms with Crippen LogP contribution in [-0.4, -0.2) is 56.3 Å². The predicted molar refractivity (Wildman–Crippen MR) is 121 cm³/mol. The molecule has 0 N–H and O–H groups in total. The standard InChI is InChI=1S/C22H28F3N3O6S/c1-5-21(4)8-9-27(19(29)18(21)26-34-7-3)13-16-15-10-14(11-15)12-17(16)28(20(30)33-6-2)35(31,32)22(23,24)25/h10,12H,5-9,11,13H2,1-4H3/b26-18-. The van der Waals surface area contributed by atoms with Gasteiger partial charge in [0, 0.05) is 24.1 Å². The number of hydrogen-bond acceptors (Lipinski definition) is 7. The van der Waals surface area contributed by atoms with E-state index >= 15 is 0 Å². The van der Waals surface area contributed by atoms with E-state index in [9.17, 15) is 31.2 Å². The van der Waals surface area contributed by atoms with Gasteiger partial charge in [-0.1, -0.05) is 25.1 Å². The Morgan fingerprint density at radius 3 is 2.43 bits per heavy atom. The normalized spacial score (nSPS) is 21.1. The molecule has 13 heteroatoms. The molecule has 0 spiro atoms. The Bertz CT molecular complexity index is 1150. The molecule has 2 aliphatic carbocycles. The molecule has 1 aromatic rings. The molecular weight excluding hydrogens is 491 g/mol. The molecule has 9 nitrogen and oxygen atoms in total. The van der Waals surface area contributed by atoms with Gasteiger partial charge >= 0.3 is 21.6 Å². The van der Waals surface area contributed by atoms with Crippen molar-refractivity contribution >= 4 is 33.4 Å². The van der Waals surface area contributed by atoms with Crippen molar-refractivity contribution in [3.05, 3.63) is 28.8 Å². The van der Waals surface area contributed by atoms with Gasteiger partial charge in [0.2, 0.25) is 0 Å². The summed E-state index contributed by atoms with van der Waals surface area (Å²) in [5, 5.41) is 4.01. The maximum Gasteiger partial charge on any atom is 0.517 e. The van der Waals surface area contributed by atoms with E-state index in [4.69, 9.17) is 4.84 Å².